The summed E-state index contributed by atoms with van der Waals surface area (Å²) in [7, 11) is -3.73. The van der Waals surface area contributed by atoms with Crippen LogP contribution in [0.4, 0.5) is 4.39 Å². The molecular formula is C19H26FN3O5S2. The SMILES string of the molecule is O=C(CSCC(=O)N1CCCN(S(=O)(=O)c2ccc(F)cc2)CC1)N1CCOCC1. The van der Waals surface area contributed by atoms with Gasteiger partial charge in [-0.15, -0.1) is 11.8 Å². The number of amides is 2. The van der Waals surface area contributed by atoms with E-state index in [9.17, 15) is 22.4 Å². The van der Waals surface area contributed by atoms with E-state index in [1.165, 1.54) is 28.2 Å². The highest BCUT2D eigenvalue weighted by atomic mass is 32.2. The lowest BCUT2D eigenvalue weighted by molar-refractivity contribution is -0.132. The zero-order chi connectivity index (χ0) is 21.6. The number of carbonyl (C=O) groups is 2. The Morgan fingerprint density at radius 3 is 2.13 bits per heavy atom. The third-order valence-electron chi connectivity index (χ3n) is 5.07. The van der Waals surface area contributed by atoms with E-state index < -0.39 is 15.8 Å². The molecule has 2 saturated heterocycles. The van der Waals surface area contributed by atoms with Crippen LogP contribution in [-0.2, 0) is 24.3 Å². The van der Waals surface area contributed by atoms with E-state index in [0.717, 1.165) is 12.1 Å². The molecule has 0 aromatic heterocycles. The number of nitrogens with zero attached hydrogens (tertiary/aromatic N) is 3. The zero-order valence-electron chi connectivity index (χ0n) is 16.7. The Morgan fingerprint density at radius 2 is 1.50 bits per heavy atom. The number of benzene rings is 1. The van der Waals surface area contributed by atoms with Gasteiger partial charge in [0.25, 0.3) is 0 Å². The maximum absolute atomic E-state index is 13.1. The third kappa shape index (κ3) is 5.93. The van der Waals surface area contributed by atoms with Crippen LogP contribution in [0, 0.1) is 5.82 Å². The monoisotopic (exact) mass is 459 g/mol. The van der Waals surface area contributed by atoms with Crippen LogP contribution in [-0.4, -0.2) is 98.3 Å². The van der Waals surface area contributed by atoms with Crippen LogP contribution in [0.2, 0.25) is 0 Å². The first kappa shape index (κ1) is 23.0. The van der Waals surface area contributed by atoms with Gasteiger partial charge in [0.2, 0.25) is 21.8 Å². The van der Waals surface area contributed by atoms with Gasteiger partial charge in [0.1, 0.15) is 5.82 Å². The van der Waals surface area contributed by atoms with Crippen molar-refractivity contribution in [2.45, 2.75) is 11.3 Å². The topological polar surface area (TPSA) is 87.2 Å². The molecule has 2 heterocycles. The highest BCUT2D eigenvalue weighted by Gasteiger charge is 2.28. The molecule has 1 aromatic rings. The average molecular weight is 460 g/mol. The molecular weight excluding hydrogens is 433 g/mol. The minimum atomic E-state index is -3.73. The number of ether oxygens (including phenoxy) is 1. The molecule has 0 unspecified atom stereocenters. The number of halogens is 1. The first-order valence-electron chi connectivity index (χ1n) is 9.85. The second-order valence-electron chi connectivity index (χ2n) is 7.08. The summed E-state index contributed by atoms with van der Waals surface area (Å²) in [6, 6.07) is 4.74. The van der Waals surface area contributed by atoms with E-state index in [2.05, 4.69) is 0 Å². The van der Waals surface area contributed by atoms with Gasteiger partial charge in [-0.25, -0.2) is 12.8 Å². The van der Waals surface area contributed by atoms with Gasteiger partial charge in [0.05, 0.1) is 29.6 Å². The van der Waals surface area contributed by atoms with Crippen LogP contribution in [0.25, 0.3) is 0 Å². The maximum Gasteiger partial charge on any atom is 0.243 e. The number of hydrogen-bond acceptors (Lipinski definition) is 6. The van der Waals surface area contributed by atoms with Crippen molar-refractivity contribution >= 4 is 33.6 Å². The van der Waals surface area contributed by atoms with Gasteiger partial charge in [-0.2, -0.15) is 4.31 Å². The molecule has 0 atom stereocenters. The first-order valence-corrected chi connectivity index (χ1v) is 12.4. The van der Waals surface area contributed by atoms with Gasteiger partial charge in [0, 0.05) is 39.3 Å². The number of rotatable bonds is 6. The van der Waals surface area contributed by atoms with Crippen molar-refractivity contribution in [3.63, 3.8) is 0 Å². The van der Waals surface area contributed by atoms with Gasteiger partial charge in [-0.3, -0.25) is 9.59 Å². The largest absolute Gasteiger partial charge is 0.378 e. The Balaban J connectivity index is 1.47. The molecule has 0 saturated carbocycles. The third-order valence-corrected chi connectivity index (χ3v) is 7.89. The smallest absolute Gasteiger partial charge is 0.243 e. The van der Waals surface area contributed by atoms with E-state index in [-0.39, 0.29) is 41.3 Å². The van der Waals surface area contributed by atoms with E-state index in [0.29, 0.717) is 45.8 Å². The predicted octanol–water partition coefficient (Wildman–Crippen LogP) is 0.641. The fraction of sp³-hybridized carbons (Fsp3) is 0.579. The van der Waals surface area contributed by atoms with E-state index >= 15 is 0 Å². The number of thioether (sulfide) groups is 1. The summed E-state index contributed by atoms with van der Waals surface area (Å²) in [6.45, 7) is 3.48. The van der Waals surface area contributed by atoms with E-state index in [1.807, 2.05) is 0 Å². The predicted molar refractivity (Wildman–Crippen MR) is 111 cm³/mol. The lowest BCUT2D eigenvalue weighted by atomic mass is 10.4. The second kappa shape index (κ2) is 10.6. The number of carbonyl (C=O) groups excluding carboxylic acids is 2. The highest BCUT2D eigenvalue weighted by Crippen LogP contribution is 2.18. The fourth-order valence-corrected chi connectivity index (χ4v) is 5.65. The van der Waals surface area contributed by atoms with Crippen LogP contribution in [0.3, 0.4) is 0 Å². The summed E-state index contributed by atoms with van der Waals surface area (Å²) in [5.41, 5.74) is 0. The summed E-state index contributed by atoms with van der Waals surface area (Å²) < 4.78 is 45.2. The zero-order valence-corrected chi connectivity index (χ0v) is 18.3. The fourth-order valence-electron chi connectivity index (χ4n) is 3.36. The van der Waals surface area contributed by atoms with Crippen LogP contribution >= 0.6 is 11.8 Å². The van der Waals surface area contributed by atoms with Gasteiger partial charge in [-0.05, 0) is 30.7 Å². The Kier molecular flexibility index (Phi) is 8.09. The van der Waals surface area contributed by atoms with Crippen molar-refractivity contribution in [2.24, 2.45) is 0 Å². The van der Waals surface area contributed by atoms with Crippen LogP contribution in [0.15, 0.2) is 29.2 Å². The minimum absolute atomic E-state index is 0.00327. The van der Waals surface area contributed by atoms with Crippen LogP contribution in [0.5, 0.6) is 0 Å². The first-order chi connectivity index (χ1) is 14.4. The Labute approximate surface area is 180 Å². The quantitative estimate of drug-likeness (QED) is 0.621. The van der Waals surface area contributed by atoms with Crippen LogP contribution in [0.1, 0.15) is 6.42 Å². The number of hydrogen-bond donors (Lipinski definition) is 0. The molecule has 2 aliphatic rings. The van der Waals surface area contributed by atoms with Crippen molar-refractivity contribution in [1.29, 1.82) is 0 Å². The summed E-state index contributed by atoms with van der Waals surface area (Å²) >= 11 is 1.28. The normalized spacial score (nSPS) is 18.8. The molecule has 2 amide bonds. The molecule has 1 aromatic carbocycles. The van der Waals surface area contributed by atoms with Crippen molar-refractivity contribution in [3.8, 4) is 0 Å². The van der Waals surface area contributed by atoms with Crippen molar-refractivity contribution in [1.82, 2.24) is 14.1 Å². The molecule has 0 spiro atoms. The molecule has 0 bridgehead atoms. The summed E-state index contributed by atoms with van der Waals surface area (Å²) in [5.74, 6) is -0.170. The Bertz CT molecular complexity index is 844. The molecule has 8 nitrogen and oxygen atoms in total. The summed E-state index contributed by atoms with van der Waals surface area (Å²) in [4.78, 5) is 28.1. The molecule has 166 valence electrons. The standard InChI is InChI=1S/C19H26FN3O5S2/c20-16-2-4-17(5-3-16)30(26,27)23-7-1-6-21(8-9-23)18(24)14-29-15-19(25)22-10-12-28-13-11-22/h2-5H,1,6-15H2. The molecule has 0 aliphatic carbocycles. The highest BCUT2D eigenvalue weighted by molar-refractivity contribution is 8.00. The lowest BCUT2D eigenvalue weighted by Gasteiger charge is -2.26. The number of morpholine rings is 1. The lowest BCUT2D eigenvalue weighted by Crippen LogP contribution is -2.42. The van der Waals surface area contributed by atoms with E-state index in [1.54, 1.807) is 9.80 Å². The minimum Gasteiger partial charge on any atom is -0.378 e. The van der Waals surface area contributed by atoms with Crippen molar-refractivity contribution in [2.75, 3.05) is 64.0 Å². The Morgan fingerprint density at radius 1 is 0.900 bits per heavy atom. The average Bonchev–Trinajstić information content (AvgIpc) is 3.01. The summed E-state index contributed by atoms with van der Waals surface area (Å²) in [5, 5.41) is 0. The molecule has 3 rings (SSSR count). The molecule has 0 radical (unpaired) electrons. The molecule has 2 fully saturated rings. The second-order valence-corrected chi connectivity index (χ2v) is 10.0. The molecule has 30 heavy (non-hydrogen) atoms. The molecule has 11 heteroatoms. The number of sulfonamides is 1. The van der Waals surface area contributed by atoms with Gasteiger partial charge in [-0.1, -0.05) is 0 Å². The maximum atomic E-state index is 13.1. The summed E-state index contributed by atoms with van der Waals surface area (Å²) in [6.07, 6.45) is 0.517. The molecule has 2 aliphatic heterocycles. The Hall–Kier alpha value is -1.69. The van der Waals surface area contributed by atoms with Gasteiger partial charge >= 0.3 is 0 Å². The molecule has 0 N–H and O–H groups in total. The van der Waals surface area contributed by atoms with Gasteiger partial charge < -0.3 is 14.5 Å². The van der Waals surface area contributed by atoms with Crippen molar-refractivity contribution < 1.29 is 27.1 Å². The van der Waals surface area contributed by atoms with Crippen LogP contribution < -0.4 is 0 Å². The van der Waals surface area contributed by atoms with Gasteiger partial charge in [0.15, 0.2) is 0 Å². The van der Waals surface area contributed by atoms with E-state index in [4.69, 9.17) is 4.74 Å². The van der Waals surface area contributed by atoms with Crippen molar-refractivity contribution in [3.05, 3.63) is 30.1 Å².